The van der Waals surface area contributed by atoms with Crippen LogP contribution in [-0.2, 0) is 4.74 Å². The average molecular weight is 463 g/mol. The number of nitrogens with zero attached hydrogens (tertiary/aromatic N) is 1. The standard InChI is InChI=1S/C19H33N3O2.HI/c1-16(17-8-10-18(24-4)11-9-17)12-14-22-19(20-2)21-13-6-5-7-15-23-3;/h8-11,16H,5-7,12-15H2,1-4H3,(H2,20,21,22);1H. The van der Waals surface area contributed by atoms with Gasteiger partial charge in [-0.05, 0) is 49.3 Å². The molecule has 5 nitrogen and oxygen atoms in total. The van der Waals surface area contributed by atoms with Gasteiger partial charge in [0.05, 0.1) is 7.11 Å². The van der Waals surface area contributed by atoms with E-state index < -0.39 is 0 Å². The van der Waals surface area contributed by atoms with Crippen LogP contribution in [0.15, 0.2) is 29.3 Å². The molecular formula is C19H34IN3O2. The molecule has 0 aliphatic carbocycles. The largest absolute Gasteiger partial charge is 0.497 e. The number of aliphatic imine (C=N–C) groups is 1. The maximum absolute atomic E-state index is 5.20. The van der Waals surface area contributed by atoms with Crippen molar-refractivity contribution in [3.63, 3.8) is 0 Å². The molecule has 0 amide bonds. The van der Waals surface area contributed by atoms with Crippen molar-refractivity contribution in [1.29, 1.82) is 0 Å². The molecular weight excluding hydrogens is 429 g/mol. The maximum atomic E-state index is 5.20. The number of rotatable bonds is 11. The molecule has 0 aliphatic rings. The summed E-state index contributed by atoms with van der Waals surface area (Å²) >= 11 is 0. The molecule has 0 aromatic heterocycles. The fraction of sp³-hybridized carbons (Fsp3) is 0.632. The molecule has 1 atom stereocenters. The van der Waals surface area contributed by atoms with Crippen molar-refractivity contribution < 1.29 is 9.47 Å². The smallest absolute Gasteiger partial charge is 0.190 e. The van der Waals surface area contributed by atoms with Crippen molar-refractivity contribution in [2.24, 2.45) is 4.99 Å². The van der Waals surface area contributed by atoms with Gasteiger partial charge in [0.15, 0.2) is 5.96 Å². The van der Waals surface area contributed by atoms with Gasteiger partial charge in [0.2, 0.25) is 0 Å². The zero-order valence-corrected chi connectivity index (χ0v) is 18.3. The minimum atomic E-state index is 0. The van der Waals surface area contributed by atoms with Crippen molar-refractivity contribution in [3.05, 3.63) is 29.8 Å². The van der Waals surface area contributed by atoms with Crippen molar-refractivity contribution in [3.8, 4) is 5.75 Å². The molecule has 25 heavy (non-hydrogen) atoms. The van der Waals surface area contributed by atoms with Gasteiger partial charge in [-0.25, -0.2) is 0 Å². The van der Waals surface area contributed by atoms with Crippen LogP contribution in [0.4, 0.5) is 0 Å². The summed E-state index contributed by atoms with van der Waals surface area (Å²) in [6.45, 7) is 4.93. The molecule has 0 saturated heterocycles. The fourth-order valence-corrected chi connectivity index (χ4v) is 2.48. The molecule has 2 N–H and O–H groups in total. The van der Waals surface area contributed by atoms with Crippen molar-refractivity contribution in [2.75, 3.05) is 41.0 Å². The molecule has 0 fully saturated rings. The average Bonchev–Trinajstić information content (AvgIpc) is 2.62. The molecule has 1 unspecified atom stereocenters. The van der Waals surface area contributed by atoms with E-state index in [2.05, 4.69) is 34.7 Å². The van der Waals surface area contributed by atoms with Gasteiger partial charge in [0.1, 0.15) is 5.75 Å². The number of hydrogen-bond acceptors (Lipinski definition) is 3. The highest BCUT2D eigenvalue weighted by Crippen LogP contribution is 2.21. The second-order valence-corrected chi connectivity index (χ2v) is 5.94. The van der Waals surface area contributed by atoms with Crippen LogP contribution in [-0.4, -0.2) is 46.9 Å². The monoisotopic (exact) mass is 463 g/mol. The number of methoxy groups -OCH3 is 2. The van der Waals surface area contributed by atoms with Crippen molar-refractivity contribution in [2.45, 2.75) is 38.5 Å². The first-order valence-corrected chi connectivity index (χ1v) is 8.78. The predicted molar refractivity (Wildman–Crippen MR) is 117 cm³/mol. The Hall–Kier alpha value is -1.02. The maximum Gasteiger partial charge on any atom is 0.190 e. The normalized spacial score (nSPS) is 12.2. The summed E-state index contributed by atoms with van der Waals surface area (Å²) in [6, 6.07) is 8.31. The van der Waals surface area contributed by atoms with E-state index in [1.54, 1.807) is 14.2 Å². The molecule has 1 aromatic rings. The van der Waals surface area contributed by atoms with Crippen molar-refractivity contribution in [1.82, 2.24) is 10.6 Å². The highest BCUT2D eigenvalue weighted by Gasteiger charge is 2.06. The summed E-state index contributed by atoms with van der Waals surface area (Å²) in [4.78, 5) is 4.27. The van der Waals surface area contributed by atoms with Crippen LogP contribution in [0.3, 0.4) is 0 Å². The van der Waals surface area contributed by atoms with Gasteiger partial charge in [-0.15, -0.1) is 24.0 Å². The van der Waals surface area contributed by atoms with Crippen LogP contribution in [0.5, 0.6) is 5.75 Å². The van der Waals surface area contributed by atoms with Gasteiger partial charge < -0.3 is 20.1 Å². The van der Waals surface area contributed by atoms with Gasteiger partial charge in [0, 0.05) is 33.9 Å². The fourth-order valence-electron chi connectivity index (χ4n) is 2.48. The van der Waals surface area contributed by atoms with Crippen LogP contribution in [0, 0.1) is 0 Å². The van der Waals surface area contributed by atoms with Crippen molar-refractivity contribution >= 4 is 29.9 Å². The second kappa shape index (κ2) is 15.3. The summed E-state index contributed by atoms with van der Waals surface area (Å²) in [5.74, 6) is 2.28. The number of nitrogens with one attached hydrogen (secondary N) is 2. The summed E-state index contributed by atoms with van der Waals surface area (Å²) in [6.07, 6.45) is 4.48. The third-order valence-corrected chi connectivity index (χ3v) is 4.10. The highest BCUT2D eigenvalue weighted by molar-refractivity contribution is 14.0. The molecule has 144 valence electrons. The first-order valence-electron chi connectivity index (χ1n) is 8.78. The van der Waals surface area contributed by atoms with E-state index in [-0.39, 0.29) is 24.0 Å². The minimum absolute atomic E-state index is 0. The van der Waals surface area contributed by atoms with Crippen LogP contribution in [0.2, 0.25) is 0 Å². The van der Waals surface area contributed by atoms with Crippen LogP contribution < -0.4 is 15.4 Å². The van der Waals surface area contributed by atoms with Gasteiger partial charge in [-0.1, -0.05) is 19.1 Å². The first kappa shape index (κ1) is 24.0. The lowest BCUT2D eigenvalue weighted by Crippen LogP contribution is -2.38. The number of unbranched alkanes of at least 4 members (excludes halogenated alkanes) is 2. The Morgan fingerprint density at radius 1 is 1.04 bits per heavy atom. The number of ether oxygens (including phenoxy) is 2. The Morgan fingerprint density at radius 2 is 1.72 bits per heavy atom. The molecule has 6 heteroatoms. The predicted octanol–water partition coefficient (Wildman–Crippen LogP) is 3.79. The SMILES string of the molecule is CN=C(NCCCCCOC)NCCC(C)c1ccc(OC)cc1.I. The lowest BCUT2D eigenvalue weighted by Gasteiger charge is -2.15. The molecule has 0 radical (unpaired) electrons. The van der Waals surface area contributed by atoms with Gasteiger partial charge >= 0.3 is 0 Å². The van der Waals surface area contributed by atoms with Gasteiger partial charge in [-0.3, -0.25) is 4.99 Å². The van der Waals surface area contributed by atoms with E-state index in [1.165, 1.54) is 12.0 Å². The molecule has 0 saturated carbocycles. The van der Waals surface area contributed by atoms with Crippen LogP contribution >= 0.6 is 24.0 Å². The van der Waals surface area contributed by atoms with E-state index in [0.29, 0.717) is 5.92 Å². The molecule has 1 aromatic carbocycles. The van der Waals surface area contributed by atoms with E-state index in [1.807, 2.05) is 19.2 Å². The molecule has 1 rings (SSSR count). The lowest BCUT2D eigenvalue weighted by atomic mass is 9.98. The Labute approximate surface area is 170 Å². The lowest BCUT2D eigenvalue weighted by molar-refractivity contribution is 0.192. The van der Waals surface area contributed by atoms with E-state index in [4.69, 9.17) is 9.47 Å². The summed E-state index contributed by atoms with van der Waals surface area (Å²) < 4.78 is 10.3. The quantitative estimate of drug-likeness (QED) is 0.227. The number of benzene rings is 1. The first-order chi connectivity index (χ1) is 11.7. The highest BCUT2D eigenvalue weighted by atomic mass is 127. The number of guanidine groups is 1. The minimum Gasteiger partial charge on any atom is -0.497 e. The number of hydrogen-bond donors (Lipinski definition) is 2. The Morgan fingerprint density at radius 3 is 2.32 bits per heavy atom. The molecule has 0 spiro atoms. The molecule has 0 aliphatic heterocycles. The third-order valence-electron chi connectivity index (χ3n) is 4.10. The van der Waals surface area contributed by atoms with Crippen LogP contribution in [0.25, 0.3) is 0 Å². The van der Waals surface area contributed by atoms with Gasteiger partial charge in [-0.2, -0.15) is 0 Å². The van der Waals surface area contributed by atoms with Crippen LogP contribution in [0.1, 0.15) is 44.1 Å². The number of halogens is 1. The van der Waals surface area contributed by atoms with E-state index in [0.717, 1.165) is 50.7 Å². The zero-order valence-electron chi connectivity index (χ0n) is 16.0. The summed E-state index contributed by atoms with van der Waals surface area (Å²) in [5, 5.41) is 6.74. The zero-order chi connectivity index (χ0) is 17.6. The Balaban J connectivity index is 0.00000576. The Kier molecular flexibility index (Phi) is 14.6. The van der Waals surface area contributed by atoms with E-state index >= 15 is 0 Å². The molecule has 0 heterocycles. The Bertz CT molecular complexity index is 466. The third kappa shape index (κ3) is 10.5. The topological polar surface area (TPSA) is 54.9 Å². The van der Waals surface area contributed by atoms with Gasteiger partial charge in [0.25, 0.3) is 0 Å². The summed E-state index contributed by atoms with van der Waals surface area (Å²) in [5.41, 5.74) is 1.33. The van der Waals surface area contributed by atoms with E-state index in [9.17, 15) is 0 Å². The second-order valence-electron chi connectivity index (χ2n) is 5.94. The summed E-state index contributed by atoms with van der Waals surface area (Å²) in [7, 11) is 5.25. The molecule has 0 bridgehead atoms.